The number of hydrogen-bond acceptors (Lipinski definition) is 5. The number of carbonyl (C=O) groups is 2. The molecule has 0 N–H and O–H groups in total. The predicted octanol–water partition coefficient (Wildman–Crippen LogP) is 5.35. The van der Waals surface area contributed by atoms with Crippen LogP contribution in [-0.2, 0) is 14.3 Å². The van der Waals surface area contributed by atoms with Crippen LogP contribution in [0.25, 0.3) is 0 Å². The molecule has 168 valence electrons. The summed E-state index contributed by atoms with van der Waals surface area (Å²) >= 11 is 3.61. The highest BCUT2D eigenvalue weighted by Gasteiger charge is 2.74. The molecule has 0 aromatic carbocycles. The van der Waals surface area contributed by atoms with Crippen LogP contribution in [0, 0.1) is 35.0 Å². The average molecular weight is 463 g/mol. The lowest BCUT2D eigenvalue weighted by Gasteiger charge is -2.63. The normalized spacial score (nSPS) is 45.7. The van der Waals surface area contributed by atoms with E-state index in [0.29, 0.717) is 25.0 Å². The maximum atomic E-state index is 17.6. The fraction of sp³-hybridized carbons (Fsp3) is 0.680. The van der Waals surface area contributed by atoms with Crippen LogP contribution in [0.1, 0.15) is 52.9 Å². The van der Waals surface area contributed by atoms with Gasteiger partial charge in [-0.2, -0.15) is 0 Å². The van der Waals surface area contributed by atoms with Crippen molar-refractivity contribution in [2.75, 3.05) is 12.0 Å². The molecule has 6 heteroatoms. The van der Waals surface area contributed by atoms with Crippen molar-refractivity contribution >= 4 is 35.3 Å². The molecule has 3 nitrogen and oxygen atoms in total. The fourth-order valence-corrected chi connectivity index (χ4v) is 10.1. The Morgan fingerprint density at radius 2 is 2.10 bits per heavy atom. The lowest BCUT2D eigenvalue weighted by Crippen LogP contribution is -2.68. The molecular formula is C25H31FO3S2. The molecule has 0 aromatic heterocycles. The largest absolute Gasteiger partial charge is 0.459 e. The van der Waals surface area contributed by atoms with Crippen molar-refractivity contribution in [1.82, 2.24) is 0 Å². The molecule has 0 aromatic rings. The number of fused-ring (bicyclic) bond motifs is 5. The molecule has 0 saturated heterocycles. The van der Waals surface area contributed by atoms with E-state index in [1.54, 1.807) is 23.9 Å². The Labute approximate surface area is 193 Å². The molecule has 3 saturated carbocycles. The van der Waals surface area contributed by atoms with Crippen LogP contribution >= 0.6 is 23.5 Å². The van der Waals surface area contributed by atoms with Crippen LogP contribution in [0.3, 0.4) is 0 Å². The van der Waals surface area contributed by atoms with Crippen molar-refractivity contribution < 1.29 is 18.7 Å². The zero-order valence-electron chi connectivity index (χ0n) is 18.7. The standard InChI is InChI=1S/C25H31FO3S2/c1-6-13-31-24(30-5)12-10-19-20-8-7-17-14-18(28)9-11-22(17,3)25(20,26)21(29-16(2)27)15-23(19,24)4/h1,9,11,14,19-21H,7-8,10,12-13,15H2,2-5H3/t19-,20-,21-,22-,23-,24-,25-/m0/s1. The topological polar surface area (TPSA) is 43.4 Å². The third-order valence-electron chi connectivity index (χ3n) is 8.69. The number of rotatable bonds is 4. The van der Waals surface area contributed by atoms with Crippen LogP contribution in [0.4, 0.5) is 4.39 Å². The minimum absolute atomic E-state index is 0.0906. The number of alkyl halides is 1. The monoisotopic (exact) mass is 462 g/mol. The molecule has 0 heterocycles. The molecule has 0 amide bonds. The molecule has 0 unspecified atom stereocenters. The molecule has 0 bridgehead atoms. The van der Waals surface area contributed by atoms with Crippen molar-refractivity contribution in [3.63, 3.8) is 0 Å². The summed E-state index contributed by atoms with van der Waals surface area (Å²) in [6, 6.07) is 0. The Hall–Kier alpha value is -1.19. The number of halogens is 1. The quantitative estimate of drug-likeness (QED) is 0.320. The van der Waals surface area contributed by atoms with Crippen molar-refractivity contribution in [1.29, 1.82) is 0 Å². The van der Waals surface area contributed by atoms with Crippen molar-refractivity contribution in [3.8, 4) is 12.3 Å². The van der Waals surface area contributed by atoms with E-state index in [0.717, 1.165) is 18.4 Å². The molecule has 0 radical (unpaired) electrons. The highest BCUT2D eigenvalue weighted by molar-refractivity contribution is 8.18. The zero-order valence-corrected chi connectivity index (χ0v) is 20.3. The second-order valence-electron chi connectivity index (χ2n) is 9.84. The first-order valence-corrected chi connectivity index (χ1v) is 13.2. The summed E-state index contributed by atoms with van der Waals surface area (Å²) < 4.78 is 23.3. The number of ether oxygens (including phenoxy) is 1. The number of terminal acetylenes is 1. The van der Waals surface area contributed by atoms with Crippen LogP contribution in [0.2, 0.25) is 0 Å². The smallest absolute Gasteiger partial charge is 0.303 e. The van der Waals surface area contributed by atoms with Gasteiger partial charge >= 0.3 is 5.97 Å². The second-order valence-corrected chi connectivity index (χ2v) is 12.5. The van der Waals surface area contributed by atoms with Crippen molar-refractivity contribution in [2.45, 2.75) is 68.7 Å². The number of hydrogen-bond donors (Lipinski definition) is 0. The summed E-state index contributed by atoms with van der Waals surface area (Å²) in [6.45, 7) is 5.50. The molecule has 4 aliphatic rings. The molecule has 0 spiro atoms. The van der Waals surface area contributed by atoms with E-state index in [2.05, 4.69) is 19.1 Å². The first-order chi connectivity index (χ1) is 14.6. The molecule has 4 rings (SSSR count). The van der Waals surface area contributed by atoms with Crippen LogP contribution < -0.4 is 0 Å². The Balaban J connectivity index is 1.84. The first kappa shape index (κ1) is 23.0. The summed E-state index contributed by atoms with van der Waals surface area (Å²) in [6.07, 6.45) is 15.4. The van der Waals surface area contributed by atoms with Gasteiger partial charge in [0.2, 0.25) is 0 Å². The van der Waals surface area contributed by atoms with Gasteiger partial charge < -0.3 is 4.74 Å². The van der Waals surface area contributed by atoms with Gasteiger partial charge in [-0.3, -0.25) is 9.59 Å². The molecule has 31 heavy (non-hydrogen) atoms. The minimum atomic E-state index is -1.74. The summed E-state index contributed by atoms with van der Waals surface area (Å²) in [5.74, 6) is 2.76. The number of carbonyl (C=O) groups excluding carboxylic acids is 2. The van der Waals surface area contributed by atoms with Gasteiger partial charge in [-0.05, 0) is 68.8 Å². The molecule has 7 atom stereocenters. The maximum Gasteiger partial charge on any atom is 0.303 e. The fourth-order valence-electron chi connectivity index (χ4n) is 7.24. The van der Waals surface area contributed by atoms with Gasteiger partial charge in [0, 0.05) is 18.3 Å². The van der Waals surface area contributed by atoms with Crippen molar-refractivity contribution in [2.24, 2.45) is 22.7 Å². The van der Waals surface area contributed by atoms with E-state index in [1.807, 2.05) is 18.7 Å². The zero-order chi connectivity index (χ0) is 22.7. The van der Waals surface area contributed by atoms with Gasteiger partial charge in [-0.25, -0.2) is 4.39 Å². The SMILES string of the molecule is C#CCS[C@@]1(SC)CC[C@H]2[C@@H]3CCC4=CC(=O)C=C[C@]4(C)[C@@]3(F)[C@@H](OC(C)=O)C[C@@]21C. The summed E-state index contributed by atoms with van der Waals surface area (Å²) in [5.41, 5.74) is -2.06. The molecular weight excluding hydrogens is 431 g/mol. The van der Waals surface area contributed by atoms with Gasteiger partial charge in [0.25, 0.3) is 0 Å². The Morgan fingerprint density at radius 1 is 1.35 bits per heavy atom. The van der Waals surface area contributed by atoms with E-state index in [4.69, 9.17) is 11.2 Å². The second kappa shape index (κ2) is 7.70. The number of esters is 1. The number of ketones is 1. The van der Waals surface area contributed by atoms with E-state index >= 15 is 4.39 Å². The molecule has 0 aliphatic heterocycles. The van der Waals surface area contributed by atoms with Gasteiger partial charge in [0.05, 0.1) is 9.83 Å². The van der Waals surface area contributed by atoms with Gasteiger partial charge in [0.1, 0.15) is 6.10 Å². The van der Waals surface area contributed by atoms with Gasteiger partial charge in [-0.15, -0.1) is 29.9 Å². The summed E-state index contributed by atoms with van der Waals surface area (Å²) in [4.78, 5) is 24.2. The highest BCUT2D eigenvalue weighted by Crippen LogP contribution is 2.74. The highest BCUT2D eigenvalue weighted by atomic mass is 32.2. The van der Waals surface area contributed by atoms with Crippen LogP contribution in [0.5, 0.6) is 0 Å². The maximum absolute atomic E-state index is 17.6. The summed E-state index contributed by atoms with van der Waals surface area (Å²) in [5, 5.41) is 0. The number of thioether (sulfide) groups is 2. The van der Waals surface area contributed by atoms with Crippen LogP contribution in [-0.4, -0.2) is 39.6 Å². The Morgan fingerprint density at radius 3 is 2.74 bits per heavy atom. The third-order valence-corrected chi connectivity index (χ3v) is 12.3. The van der Waals surface area contributed by atoms with Gasteiger partial charge in [0.15, 0.2) is 11.5 Å². The Kier molecular flexibility index (Phi) is 5.71. The van der Waals surface area contributed by atoms with Crippen molar-refractivity contribution in [3.05, 3.63) is 23.8 Å². The molecule has 4 aliphatic carbocycles. The number of allylic oxidation sites excluding steroid dienone is 4. The van der Waals surface area contributed by atoms with E-state index in [1.165, 1.54) is 13.0 Å². The lowest BCUT2D eigenvalue weighted by atomic mass is 9.46. The van der Waals surface area contributed by atoms with Crippen LogP contribution in [0.15, 0.2) is 23.8 Å². The van der Waals surface area contributed by atoms with E-state index in [-0.39, 0.29) is 27.1 Å². The van der Waals surface area contributed by atoms with Gasteiger partial charge in [-0.1, -0.05) is 24.5 Å². The summed E-state index contributed by atoms with van der Waals surface area (Å²) in [7, 11) is 0. The molecule has 3 fully saturated rings. The minimum Gasteiger partial charge on any atom is -0.459 e. The first-order valence-electron chi connectivity index (χ1n) is 11.0. The Bertz CT molecular complexity index is 907. The lowest BCUT2D eigenvalue weighted by molar-refractivity contribution is -0.209. The predicted molar refractivity (Wildman–Crippen MR) is 125 cm³/mol. The average Bonchev–Trinajstić information content (AvgIpc) is 3.00. The third kappa shape index (κ3) is 3.02. The van der Waals surface area contributed by atoms with E-state index < -0.39 is 23.2 Å². The van der Waals surface area contributed by atoms with E-state index in [9.17, 15) is 9.59 Å².